The molecular formula is C22H21Cl3I2N8. The Morgan fingerprint density at radius 3 is 1.83 bits per heavy atom. The molecular weight excluding hydrogens is 736 g/mol. The molecule has 0 radical (unpaired) electrons. The molecule has 7 N–H and O–H groups in total. The molecule has 2 heterocycles. The minimum absolute atomic E-state index is 0.129. The SMILES string of the molecule is Cc1ccc(I)cc1N.Cc1ccc(I)cc1Nc1nc(N)ncc1Cl.Nc1ncc(Cl)c(Cl)n1. The highest BCUT2D eigenvalue weighted by molar-refractivity contribution is 14.1. The normalized spacial score (nSPS) is 9.91. The van der Waals surface area contributed by atoms with Gasteiger partial charge < -0.3 is 22.5 Å². The van der Waals surface area contributed by atoms with Gasteiger partial charge in [-0.3, -0.25) is 0 Å². The number of anilines is 5. The summed E-state index contributed by atoms with van der Waals surface area (Å²) >= 11 is 21.4. The molecule has 13 heteroatoms. The minimum Gasteiger partial charge on any atom is -0.398 e. The maximum absolute atomic E-state index is 5.99. The molecule has 8 nitrogen and oxygen atoms in total. The molecule has 2 aromatic carbocycles. The number of hydrogen-bond donors (Lipinski definition) is 4. The zero-order valence-corrected chi connectivity index (χ0v) is 25.1. The fourth-order valence-corrected chi connectivity index (χ4v) is 3.67. The number of aryl methyl sites for hydroxylation is 2. The van der Waals surface area contributed by atoms with E-state index < -0.39 is 0 Å². The van der Waals surface area contributed by atoms with Crippen molar-refractivity contribution in [2.75, 3.05) is 22.5 Å². The summed E-state index contributed by atoms with van der Waals surface area (Å²) in [6, 6.07) is 12.1. The van der Waals surface area contributed by atoms with Crippen molar-refractivity contribution in [3.05, 3.63) is 82.3 Å². The van der Waals surface area contributed by atoms with E-state index in [0.29, 0.717) is 15.9 Å². The average molecular weight is 758 g/mol. The first-order chi connectivity index (χ1) is 16.5. The van der Waals surface area contributed by atoms with Crippen molar-refractivity contribution in [3.8, 4) is 0 Å². The zero-order chi connectivity index (χ0) is 26.1. The molecule has 35 heavy (non-hydrogen) atoms. The molecule has 0 atom stereocenters. The Morgan fingerprint density at radius 2 is 1.29 bits per heavy atom. The smallest absolute Gasteiger partial charge is 0.222 e. The van der Waals surface area contributed by atoms with Crippen LogP contribution in [0.2, 0.25) is 15.2 Å². The summed E-state index contributed by atoms with van der Waals surface area (Å²) in [7, 11) is 0. The van der Waals surface area contributed by atoms with E-state index in [1.165, 1.54) is 16.0 Å². The van der Waals surface area contributed by atoms with Crippen LogP contribution in [0, 0.1) is 21.0 Å². The number of nitrogens with zero attached hydrogens (tertiary/aromatic N) is 4. The highest BCUT2D eigenvalue weighted by Crippen LogP contribution is 2.26. The van der Waals surface area contributed by atoms with Crippen molar-refractivity contribution < 1.29 is 0 Å². The molecule has 2 aromatic heterocycles. The second-order valence-corrected chi connectivity index (χ2v) is 10.5. The third-order valence-corrected chi connectivity index (χ3v) is 6.46. The fourth-order valence-electron chi connectivity index (χ4n) is 2.30. The molecule has 0 aliphatic heterocycles. The molecule has 0 saturated heterocycles. The molecule has 184 valence electrons. The van der Waals surface area contributed by atoms with E-state index >= 15 is 0 Å². The van der Waals surface area contributed by atoms with Crippen LogP contribution in [0.5, 0.6) is 0 Å². The molecule has 0 bridgehead atoms. The first kappa shape index (κ1) is 29.4. The predicted octanol–water partition coefficient (Wildman–Crippen LogP) is 6.92. The van der Waals surface area contributed by atoms with Gasteiger partial charge in [-0.1, -0.05) is 46.9 Å². The fraction of sp³-hybridized carbons (Fsp3) is 0.0909. The standard InChI is InChI=1S/C11H10ClIN4.C7H8IN.C4H3Cl2N3/c1-6-2-3-7(13)4-9(6)16-10-8(12)5-15-11(14)17-10;1-5-2-3-6(8)4-7(5)9;5-2-1-8-4(7)9-3(2)6/h2-5H,1H3,(H3,14,15,16,17);2-4H,9H2,1H3;1H,(H2,7,8,9). The van der Waals surface area contributed by atoms with Crippen LogP contribution in [-0.4, -0.2) is 19.9 Å². The van der Waals surface area contributed by atoms with E-state index in [2.05, 4.69) is 70.4 Å². The van der Waals surface area contributed by atoms with E-state index in [0.717, 1.165) is 26.1 Å². The summed E-state index contributed by atoms with van der Waals surface area (Å²) in [4.78, 5) is 15.0. The number of halogens is 5. The molecule has 0 amide bonds. The average Bonchev–Trinajstić information content (AvgIpc) is 2.80. The maximum Gasteiger partial charge on any atom is 0.222 e. The van der Waals surface area contributed by atoms with Gasteiger partial charge in [0.05, 0.1) is 17.4 Å². The summed E-state index contributed by atoms with van der Waals surface area (Å²) < 4.78 is 2.32. The number of rotatable bonds is 2. The van der Waals surface area contributed by atoms with Gasteiger partial charge in [-0.15, -0.1) is 0 Å². The Bertz CT molecular complexity index is 1210. The lowest BCUT2D eigenvalue weighted by Crippen LogP contribution is -2.01. The van der Waals surface area contributed by atoms with Crippen LogP contribution in [0.1, 0.15) is 11.1 Å². The van der Waals surface area contributed by atoms with Crippen LogP contribution in [0.15, 0.2) is 48.8 Å². The van der Waals surface area contributed by atoms with Gasteiger partial charge in [0, 0.05) is 18.5 Å². The van der Waals surface area contributed by atoms with E-state index in [-0.39, 0.29) is 17.0 Å². The summed E-state index contributed by atoms with van der Waals surface area (Å²) in [5.74, 6) is 0.842. The third kappa shape index (κ3) is 9.95. The van der Waals surface area contributed by atoms with E-state index in [9.17, 15) is 0 Å². The first-order valence-corrected chi connectivity index (χ1v) is 13.0. The lowest BCUT2D eigenvalue weighted by molar-refractivity contribution is 1.18. The summed E-state index contributed by atoms with van der Waals surface area (Å²) in [6.45, 7) is 4.02. The van der Waals surface area contributed by atoms with Gasteiger partial charge in [0.15, 0.2) is 11.0 Å². The van der Waals surface area contributed by atoms with Gasteiger partial charge in [-0.25, -0.2) is 9.97 Å². The van der Waals surface area contributed by atoms with Crippen molar-refractivity contribution >= 4 is 109 Å². The third-order valence-electron chi connectivity index (χ3n) is 4.18. The predicted molar refractivity (Wildman–Crippen MR) is 163 cm³/mol. The van der Waals surface area contributed by atoms with E-state index in [4.69, 9.17) is 52.0 Å². The molecule has 4 rings (SSSR count). The van der Waals surface area contributed by atoms with Crippen LogP contribution in [0.25, 0.3) is 0 Å². The lowest BCUT2D eigenvalue weighted by atomic mass is 10.2. The second kappa shape index (κ2) is 14.0. The van der Waals surface area contributed by atoms with Gasteiger partial charge in [-0.05, 0) is 94.4 Å². The molecule has 4 aromatic rings. The largest absolute Gasteiger partial charge is 0.398 e. The second-order valence-electron chi connectivity index (χ2n) is 6.88. The minimum atomic E-state index is 0.129. The summed E-state index contributed by atoms with van der Waals surface area (Å²) in [5.41, 5.74) is 20.4. The maximum atomic E-state index is 5.99. The van der Waals surface area contributed by atoms with E-state index in [1.807, 2.05) is 50.2 Å². The Morgan fingerprint density at radius 1 is 0.743 bits per heavy atom. The van der Waals surface area contributed by atoms with Crippen molar-refractivity contribution in [3.63, 3.8) is 0 Å². The van der Waals surface area contributed by atoms with Gasteiger partial charge in [0.1, 0.15) is 5.02 Å². The zero-order valence-electron chi connectivity index (χ0n) is 18.5. The Labute approximate surface area is 245 Å². The quantitative estimate of drug-likeness (QED) is 0.0982. The molecule has 0 spiro atoms. The Hall–Kier alpha value is -1.87. The van der Waals surface area contributed by atoms with E-state index in [1.54, 1.807) is 0 Å². The van der Waals surface area contributed by atoms with Gasteiger partial charge in [-0.2, -0.15) is 9.97 Å². The van der Waals surface area contributed by atoms with Crippen LogP contribution in [0.3, 0.4) is 0 Å². The van der Waals surface area contributed by atoms with Crippen molar-refractivity contribution in [2.45, 2.75) is 13.8 Å². The van der Waals surface area contributed by atoms with Crippen LogP contribution in [0.4, 0.5) is 29.1 Å². The summed E-state index contributed by atoms with van der Waals surface area (Å²) in [5, 5.41) is 4.09. The molecule has 0 aliphatic carbocycles. The topological polar surface area (TPSA) is 142 Å². The van der Waals surface area contributed by atoms with Gasteiger partial charge >= 0.3 is 0 Å². The summed E-state index contributed by atoms with van der Waals surface area (Å²) in [6.07, 6.45) is 2.84. The molecule has 0 saturated carbocycles. The van der Waals surface area contributed by atoms with Gasteiger partial charge in [0.25, 0.3) is 0 Å². The number of nitrogens with two attached hydrogens (primary N) is 3. The Balaban J connectivity index is 0.000000203. The van der Waals surface area contributed by atoms with Crippen LogP contribution in [-0.2, 0) is 0 Å². The molecule has 0 aliphatic rings. The van der Waals surface area contributed by atoms with Crippen molar-refractivity contribution in [2.24, 2.45) is 0 Å². The van der Waals surface area contributed by atoms with Crippen LogP contribution >= 0.6 is 80.0 Å². The molecule has 0 unspecified atom stereocenters. The molecule has 0 fully saturated rings. The van der Waals surface area contributed by atoms with Crippen molar-refractivity contribution in [1.29, 1.82) is 0 Å². The number of nitrogens with one attached hydrogen (secondary N) is 1. The number of hydrogen-bond acceptors (Lipinski definition) is 8. The highest BCUT2D eigenvalue weighted by atomic mass is 127. The number of benzene rings is 2. The lowest BCUT2D eigenvalue weighted by Gasteiger charge is -2.10. The number of aromatic nitrogens is 4. The van der Waals surface area contributed by atoms with Gasteiger partial charge in [0.2, 0.25) is 11.9 Å². The number of nitrogen functional groups attached to an aromatic ring is 3. The highest BCUT2D eigenvalue weighted by Gasteiger charge is 2.06. The Kier molecular flexibility index (Phi) is 11.8. The first-order valence-electron chi connectivity index (χ1n) is 9.72. The van der Waals surface area contributed by atoms with Crippen LogP contribution < -0.4 is 22.5 Å². The monoisotopic (exact) mass is 756 g/mol. The van der Waals surface area contributed by atoms with Crippen molar-refractivity contribution in [1.82, 2.24) is 19.9 Å².